The molecule has 0 aliphatic carbocycles. The summed E-state index contributed by atoms with van der Waals surface area (Å²) >= 11 is 0. The molecule has 0 fully saturated rings. The Kier molecular flexibility index (Phi) is 4.35. The van der Waals surface area contributed by atoms with Crippen LogP contribution in [0, 0.1) is 0 Å². The number of benzene rings is 1. The number of pyridine rings is 1. The Bertz CT molecular complexity index is 554. The van der Waals surface area contributed by atoms with E-state index >= 15 is 0 Å². The van der Waals surface area contributed by atoms with Gasteiger partial charge in [0.2, 0.25) is 0 Å². The molecule has 1 aromatic carbocycles. The number of nitrogens with two attached hydrogens (primary N) is 1. The van der Waals surface area contributed by atoms with Crippen molar-refractivity contribution in [3.8, 4) is 0 Å². The van der Waals surface area contributed by atoms with Crippen LogP contribution in [0.25, 0.3) is 10.9 Å². The highest BCUT2D eigenvalue weighted by Crippen LogP contribution is 2.24. The van der Waals surface area contributed by atoms with Crippen LogP contribution in [0.2, 0.25) is 0 Å². The minimum atomic E-state index is 0.108. The van der Waals surface area contributed by atoms with Crippen LogP contribution in [-0.4, -0.2) is 29.3 Å². The van der Waals surface area contributed by atoms with Crippen LogP contribution in [0.15, 0.2) is 30.3 Å². The minimum absolute atomic E-state index is 0.108. The van der Waals surface area contributed by atoms with Crippen molar-refractivity contribution in [2.75, 3.05) is 18.1 Å². The summed E-state index contributed by atoms with van der Waals surface area (Å²) in [5, 5.41) is 10.3. The van der Waals surface area contributed by atoms with Gasteiger partial charge in [-0.2, -0.15) is 0 Å². The summed E-state index contributed by atoms with van der Waals surface area (Å²) < 4.78 is 0. The summed E-state index contributed by atoms with van der Waals surface area (Å²) in [5.41, 5.74) is 7.82. The molecule has 0 saturated carbocycles. The average Bonchev–Trinajstić information content (AvgIpc) is 2.43. The lowest BCUT2D eigenvalue weighted by molar-refractivity contribution is 0.298. The Balaban J connectivity index is 2.55. The van der Waals surface area contributed by atoms with E-state index in [1.807, 2.05) is 24.3 Å². The molecule has 2 rings (SSSR count). The molecule has 2 aromatic rings. The van der Waals surface area contributed by atoms with E-state index in [2.05, 4.69) is 24.8 Å². The molecule has 4 heteroatoms. The van der Waals surface area contributed by atoms with Gasteiger partial charge in [0.1, 0.15) is 5.82 Å². The van der Waals surface area contributed by atoms with Crippen molar-refractivity contribution in [2.24, 2.45) is 5.73 Å². The second kappa shape index (κ2) is 5.99. The number of aliphatic hydroxyl groups excluding tert-OH is 1. The minimum Gasteiger partial charge on any atom is -0.395 e. The van der Waals surface area contributed by atoms with E-state index in [-0.39, 0.29) is 12.6 Å². The molecule has 0 aliphatic rings. The van der Waals surface area contributed by atoms with Crippen molar-refractivity contribution < 1.29 is 5.11 Å². The molecule has 102 valence electrons. The number of hydrogen-bond acceptors (Lipinski definition) is 4. The Hall–Kier alpha value is -1.65. The largest absolute Gasteiger partial charge is 0.395 e. The number of rotatable bonds is 5. The Morgan fingerprint density at radius 3 is 2.68 bits per heavy atom. The smallest absolute Gasteiger partial charge is 0.134 e. The molecular weight excluding hydrogens is 238 g/mol. The SMILES string of the molecule is CC(C)N(CCO)c1nc2ccccc2cc1CN. The maximum Gasteiger partial charge on any atom is 0.134 e. The third-order valence-electron chi connectivity index (χ3n) is 3.24. The first-order valence-corrected chi connectivity index (χ1v) is 6.63. The summed E-state index contributed by atoms with van der Waals surface area (Å²) in [6.07, 6.45) is 0. The summed E-state index contributed by atoms with van der Waals surface area (Å²) in [7, 11) is 0. The lowest BCUT2D eigenvalue weighted by Gasteiger charge is -2.29. The number of para-hydroxylation sites is 1. The molecule has 0 amide bonds. The van der Waals surface area contributed by atoms with Crippen LogP contribution in [-0.2, 0) is 6.54 Å². The van der Waals surface area contributed by atoms with Crippen molar-refractivity contribution >= 4 is 16.7 Å². The number of aromatic nitrogens is 1. The van der Waals surface area contributed by atoms with E-state index in [1.54, 1.807) is 0 Å². The number of aliphatic hydroxyl groups is 1. The van der Waals surface area contributed by atoms with Crippen molar-refractivity contribution in [3.05, 3.63) is 35.9 Å². The van der Waals surface area contributed by atoms with Crippen LogP contribution in [0.1, 0.15) is 19.4 Å². The normalized spacial score (nSPS) is 11.2. The first-order valence-electron chi connectivity index (χ1n) is 6.63. The van der Waals surface area contributed by atoms with Crippen LogP contribution in [0.3, 0.4) is 0 Å². The molecule has 0 bridgehead atoms. The molecule has 0 atom stereocenters. The van der Waals surface area contributed by atoms with E-state index in [0.29, 0.717) is 13.1 Å². The molecule has 0 unspecified atom stereocenters. The fraction of sp³-hybridized carbons (Fsp3) is 0.400. The van der Waals surface area contributed by atoms with Crippen molar-refractivity contribution in [2.45, 2.75) is 26.4 Å². The van der Waals surface area contributed by atoms with E-state index < -0.39 is 0 Å². The number of anilines is 1. The van der Waals surface area contributed by atoms with Gasteiger partial charge < -0.3 is 15.7 Å². The van der Waals surface area contributed by atoms with Crippen molar-refractivity contribution in [3.63, 3.8) is 0 Å². The van der Waals surface area contributed by atoms with Gasteiger partial charge in [0, 0.05) is 30.1 Å². The standard InChI is InChI=1S/C15H21N3O/c1-11(2)18(7-8-19)15-13(10-16)9-12-5-3-4-6-14(12)17-15/h3-6,9,11,19H,7-8,10,16H2,1-2H3. The molecule has 4 nitrogen and oxygen atoms in total. The van der Waals surface area contributed by atoms with E-state index in [1.165, 1.54) is 0 Å². The Morgan fingerprint density at radius 1 is 1.32 bits per heavy atom. The summed E-state index contributed by atoms with van der Waals surface area (Å²) in [5.74, 6) is 0.880. The van der Waals surface area contributed by atoms with Crippen LogP contribution < -0.4 is 10.6 Å². The first-order chi connectivity index (χ1) is 9.17. The summed E-state index contributed by atoms with van der Waals surface area (Å²) in [6, 6.07) is 10.4. The van der Waals surface area contributed by atoms with Crippen molar-refractivity contribution in [1.29, 1.82) is 0 Å². The molecular formula is C15H21N3O. The molecule has 1 heterocycles. The highest BCUT2D eigenvalue weighted by molar-refractivity contribution is 5.81. The maximum absolute atomic E-state index is 9.22. The quantitative estimate of drug-likeness (QED) is 0.861. The fourth-order valence-electron chi connectivity index (χ4n) is 2.26. The number of nitrogens with zero attached hydrogens (tertiary/aromatic N) is 2. The zero-order chi connectivity index (χ0) is 13.8. The lowest BCUT2D eigenvalue weighted by atomic mass is 10.1. The molecule has 0 radical (unpaired) electrons. The van der Waals surface area contributed by atoms with Gasteiger partial charge in [-0.3, -0.25) is 0 Å². The third-order valence-corrected chi connectivity index (χ3v) is 3.24. The Labute approximate surface area is 113 Å². The molecule has 0 aliphatic heterocycles. The van der Waals surface area contributed by atoms with Gasteiger partial charge in [-0.05, 0) is 26.0 Å². The summed E-state index contributed by atoms with van der Waals surface area (Å²) in [6.45, 7) is 5.30. The fourth-order valence-corrected chi connectivity index (χ4v) is 2.26. The highest BCUT2D eigenvalue weighted by atomic mass is 16.3. The zero-order valence-corrected chi connectivity index (χ0v) is 11.5. The predicted octanol–water partition coefficient (Wildman–Crippen LogP) is 1.90. The second-order valence-electron chi connectivity index (χ2n) is 4.88. The zero-order valence-electron chi connectivity index (χ0n) is 11.5. The van der Waals surface area contributed by atoms with E-state index in [9.17, 15) is 5.11 Å². The molecule has 0 spiro atoms. The van der Waals surface area contributed by atoms with Gasteiger partial charge in [-0.1, -0.05) is 18.2 Å². The topological polar surface area (TPSA) is 62.4 Å². The average molecular weight is 259 g/mol. The number of hydrogen-bond donors (Lipinski definition) is 2. The van der Waals surface area contributed by atoms with Gasteiger partial charge in [0.25, 0.3) is 0 Å². The van der Waals surface area contributed by atoms with Gasteiger partial charge in [-0.25, -0.2) is 4.98 Å². The van der Waals surface area contributed by atoms with Gasteiger partial charge >= 0.3 is 0 Å². The molecule has 1 aromatic heterocycles. The van der Waals surface area contributed by atoms with Gasteiger partial charge in [0.05, 0.1) is 12.1 Å². The number of fused-ring (bicyclic) bond motifs is 1. The Morgan fingerprint density at radius 2 is 2.05 bits per heavy atom. The van der Waals surface area contributed by atoms with Crippen LogP contribution in [0.5, 0.6) is 0 Å². The predicted molar refractivity (Wildman–Crippen MR) is 79.2 cm³/mol. The van der Waals surface area contributed by atoms with E-state index in [0.717, 1.165) is 22.3 Å². The molecule has 19 heavy (non-hydrogen) atoms. The lowest BCUT2D eigenvalue weighted by Crippen LogP contribution is -2.35. The van der Waals surface area contributed by atoms with Crippen LogP contribution in [0.4, 0.5) is 5.82 Å². The maximum atomic E-state index is 9.22. The van der Waals surface area contributed by atoms with Gasteiger partial charge in [-0.15, -0.1) is 0 Å². The van der Waals surface area contributed by atoms with Crippen molar-refractivity contribution in [1.82, 2.24) is 4.98 Å². The first kappa shape index (κ1) is 13.8. The third kappa shape index (κ3) is 2.85. The van der Waals surface area contributed by atoms with Gasteiger partial charge in [0.15, 0.2) is 0 Å². The molecule has 0 saturated heterocycles. The monoisotopic (exact) mass is 259 g/mol. The highest BCUT2D eigenvalue weighted by Gasteiger charge is 2.16. The van der Waals surface area contributed by atoms with E-state index in [4.69, 9.17) is 10.7 Å². The molecule has 3 N–H and O–H groups in total. The summed E-state index contributed by atoms with van der Waals surface area (Å²) in [4.78, 5) is 6.81. The van der Waals surface area contributed by atoms with Crippen LogP contribution >= 0.6 is 0 Å². The second-order valence-corrected chi connectivity index (χ2v) is 4.88.